The van der Waals surface area contributed by atoms with Crippen molar-refractivity contribution in [2.24, 2.45) is 0 Å². The fraction of sp³-hybridized carbons (Fsp3) is 0.647. The summed E-state index contributed by atoms with van der Waals surface area (Å²) in [4.78, 5) is 28.7. The van der Waals surface area contributed by atoms with Gasteiger partial charge in [0.1, 0.15) is 5.76 Å². The molecule has 2 N–H and O–H groups in total. The summed E-state index contributed by atoms with van der Waals surface area (Å²) in [6.07, 6.45) is 1.64. The lowest BCUT2D eigenvalue weighted by Gasteiger charge is -2.39. The summed E-state index contributed by atoms with van der Waals surface area (Å²) in [6, 6.07) is 3.08. The van der Waals surface area contributed by atoms with E-state index in [9.17, 15) is 14.7 Å². The van der Waals surface area contributed by atoms with Gasteiger partial charge in [-0.2, -0.15) is 0 Å². The summed E-state index contributed by atoms with van der Waals surface area (Å²) in [7, 11) is 0. The topological polar surface area (TPSA) is 86.0 Å². The lowest BCUT2D eigenvalue weighted by Crippen LogP contribution is -2.58. The molecule has 1 fully saturated rings. The van der Waals surface area contributed by atoms with Crippen LogP contribution in [0.4, 0.5) is 0 Å². The minimum atomic E-state index is -0.744. The van der Waals surface area contributed by atoms with Crippen LogP contribution >= 0.6 is 0 Å². The molecular weight excluding hydrogens is 310 g/mol. The summed E-state index contributed by atoms with van der Waals surface area (Å²) < 4.78 is 5.34. The van der Waals surface area contributed by atoms with Crippen LogP contribution in [-0.2, 0) is 16.1 Å². The van der Waals surface area contributed by atoms with E-state index < -0.39 is 11.6 Å². The Morgan fingerprint density at radius 1 is 1.54 bits per heavy atom. The highest BCUT2D eigenvalue weighted by Gasteiger charge is 2.36. The zero-order valence-corrected chi connectivity index (χ0v) is 14.6. The zero-order chi connectivity index (χ0) is 17.7. The molecule has 2 heterocycles. The van der Waals surface area contributed by atoms with Crippen LogP contribution in [0.15, 0.2) is 22.8 Å². The predicted octanol–water partition coefficient (Wildman–Crippen LogP) is 0.590. The van der Waals surface area contributed by atoms with Gasteiger partial charge in [0.15, 0.2) is 0 Å². The molecule has 0 spiro atoms. The largest absolute Gasteiger partial charge is 0.467 e. The van der Waals surface area contributed by atoms with Crippen LogP contribution in [0.3, 0.4) is 0 Å². The quantitative estimate of drug-likeness (QED) is 0.760. The lowest BCUT2D eigenvalue weighted by molar-refractivity contribution is -0.144. The number of carbonyl (C=O) groups is 2. The van der Waals surface area contributed by atoms with Crippen LogP contribution < -0.4 is 5.32 Å². The Morgan fingerprint density at radius 2 is 2.29 bits per heavy atom. The van der Waals surface area contributed by atoms with E-state index in [1.807, 2.05) is 11.8 Å². The van der Waals surface area contributed by atoms with E-state index in [0.29, 0.717) is 18.8 Å². The van der Waals surface area contributed by atoms with Crippen molar-refractivity contribution in [1.29, 1.82) is 0 Å². The van der Waals surface area contributed by atoms with E-state index in [1.165, 1.54) is 0 Å². The average molecular weight is 337 g/mol. The SMILES string of the molecule is CCN1CCNC(=O)C1CC(=O)N(Cc1ccco1)C(C)(C)CO. The maximum atomic E-state index is 12.9. The second-order valence-electron chi connectivity index (χ2n) is 6.67. The third kappa shape index (κ3) is 4.15. The third-order valence-electron chi connectivity index (χ3n) is 4.53. The Balaban J connectivity index is 2.16. The molecule has 0 aromatic carbocycles. The molecule has 0 aliphatic carbocycles. The van der Waals surface area contributed by atoms with Gasteiger partial charge in [0.2, 0.25) is 11.8 Å². The number of piperazine rings is 1. The summed E-state index contributed by atoms with van der Waals surface area (Å²) in [5, 5.41) is 12.5. The number of hydrogen-bond acceptors (Lipinski definition) is 5. The number of amides is 2. The fourth-order valence-electron chi connectivity index (χ4n) is 2.92. The molecule has 7 heteroatoms. The van der Waals surface area contributed by atoms with Crippen molar-refractivity contribution in [2.45, 2.75) is 45.3 Å². The van der Waals surface area contributed by atoms with Crippen molar-refractivity contribution >= 4 is 11.8 Å². The van der Waals surface area contributed by atoms with Crippen LogP contribution in [0.5, 0.6) is 0 Å². The van der Waals surface area contributed by atoms with Gasteiger partial charge in [-0.05, 0) is 32.5 Å². The maximum Gasteiger partial charge on any atom is 0.237 e. The molecule has 2 amide bonds. The van der Waals surface area contributed by atoms with Gasteiger partial charge >= 0.3 is 0 Å². The minimum Gasteiger partial charge on any atom is -0.467 e. The van der Waals surface area contributed by atoms with E-state index in [0.717, 1.165) is 6.54 Å². The standard InChI is InChI=1S/C17H27N3O4/c1-4-19-8-7-18-16(23)14(19)10-15(22)20(17(2,3)12-21)11-13-6-5-9-24-13/h5-6,9,14,21H,4,7-8,10-12H2,1-3H3,(H,18,23). The van der Waals surface area contributed by atoms with Gasteiger partial charge in [0, 0.05) is 13.1 Å². The van der Waals surface area contributed by atoms with Gasteiger partial charge in [-0.1, -0.05) is 6.92 Å². The van der Waals surface area contributed by atoms with Crippen molar-refractivity contribution < 1.29 is 19.1 Å². The summed E-state index contributed by atoms with van der Waals surface area (Å²) in [5.74, 6) is 0.354. The van der Waals surface area contributed by atoms with E-state index >= 15 is 0 Å². The average Bonchev–Trinajstić information content (AvgIpc) is 3.07. The van der Waals surface area contributed by atoms with E-state index in [1.54, 1.807) is 37.1 Å². The second-order valence-corrected chi connectivity index (χ2v) is 6.67. The smallest absolute Gasteiger partial charge is 0.237 e. The number of aliphatic hydroxyl groups is 1. The zero-order valence-electron chi connectivity index (χ0n) is 14.6. The van der Waals surface area contributed by atoms with Gasteiger partial charge in [-0.15, -0.1) is 0 Å². The molecule has 0 bridgehead atoms. The van der Waals surface area contributed by atoms with Crippen molar-refractivity contribution in [1.82, 2.24) is 15.1 Å². The number of nitrogens with zero attached hydrogens (tertiary/aromatic N) is 2. The molecule has 1 aliphatic rings. The molecule has 1 atom stereocenters. The Labute approximate surface area is 142 Å². The number of likely N-dealkylation sites (N-methyl/N-ethyl adjacent to an activating group) is 1. The number of aliphatic hydroxyl groups excluding tert-OH is 1. The molecule has 1 aromatic rings. The summed E-state index contributed by atoms with van der Waals surface area (Å²) in [5.41, 5.74) is -0.744. The highest BCUT2D eigenvalue weighted by molar-refractivity contribution is 5.89. The van der Waals surface area contributed by atoms with Gasteiger partial charge < -0.3 is 19.7 Å². The molecule has 24 heavy (non-hydrogen) atoms. The minimum absolute atomic E-state index is 0.0871. The first-order valence-corrected chi connectivity index (χ1v) is 8.34. The predicted molar refractivity (Wildman–Crippen MR) is 89.1 cm³/mol. The first-order valence-electron chi connectivity index (χ1n) is 8.34. The Morgan fingerprint density at radius 3 is 2.88 bits per heavy atom. The molecule has 0 radical (unpaired) electrons. The first kappa shape index (κ1) is 18.5. The third-order valence-corrected chi connectivity index (χ3v) is 4.53. The highest BCUT2D eigenvalue weighted by Crippen LogP contribution is 2.21. The van der Waals surface area contributed by atoms with Crippen LogP contribution in [0.2, 0.25) is 0 Å². The number of hydrogen-bond donors (Lipinski definition) is 2. The first-order chi connectivity index (χ1) is 11.4. The summed E-state index contributed by atoms with van der Waals surface area (Å²) >= 11 is 0. The molecular formula is C17H27N3O4. The van der Waals surface area contributed by atoms with E-state index in [2.05, 4.69) is 5.32 Å². The molecule has 1 aliphatic heterocycles. The van der Waals surface area contributed by atoms with Crippen molar-refractivity contribution in [3.05, 3.63) is 24.2 Å². The lowest BCUT2D eigenvalue weighted by atomic mass is 10.0. The molecule has 7 nitrogen and oxygen atoms in total. The molecule has 2 rings (SSSR count). The highest BCUT2D eigenvalue weighted by atomic mass is 16.3. The molecule has 1 unspecified atom stereocenters. The monoisotopic (exact) mass is 337 g/mol. The van der Waals surface area contributed by atoms with Crippen LogP contribution in [0.1, 0.15) is 33.0 Å². The number of nitrogens with one attached hydrogen (secondary N) is 1. The number of furan rings is 1. The normalized spacial score (nSPS) is 19.2. The van der Waals surface area contributed by atoms with Crippen LogP contribution in [-0.4, -0.2) is 64.5 Å². The van der Waals surface area contributed by atoms with Crippen LogP contribution in [0.25, 0.3) is 0 Å². The maximum absolute atomic E-state index is 12.9. The van der Waals surface area contributed by atoms with E-state index in [4.69, 9.17) is 4.42 Å². The molecule has 1 saturated heterocycles. The van der Waals surface area contributed by atoms with Gasteiger partial charge in [0.05, 0.1) is 37.4 Å². The molecule has 1 aromatic heterocycles. The second kappa shape index (κ2) is 7.81. The Hall–Kier alpha value is -1.86. The van der Waals surface area contributed by atoms with Crippen molar-refractivity contribution in [3.8, 4) is 0 Å². The van der Waals surface area contributed by atoms with Crippen LogP contribution in [0, 0.1) is 0 Å². The van der Waals surface area contributed by atoms with Crippen molar-refractivity contribution in [3.63, 3.8) is 0 Å². The van der Waals surface area contributed by atoms with Crippen molar-refractivity contribution in [2.75, 3.05) is 26.2 Å². The Kier molecular flexibility index (Phi) is 6.01. The molecule has 134 valence electrons. The summed E-state index contributed by atoms with van der Waals surface area (Å²) in [6.45, 7) is 7.73. The number of rotatable bonds is 7. The molecule has 0 saturated carbocycles. The number of carbonyl (C=O) groups excluding carboxylic acids is 2. The van der Waals surface area contributed by atoms with Gasteiger partial charge in [-0.25, -0.2) is 0 Å². The van der Waals surface area contributed by atoms with Gasteiger partial charge in [-0.3, -0.25) is 14.5 Å². The van der Waals surface area contributed by atoms with E-state index in [-0.39, 0.29) is 31.4 Å². The Bertz CT molecular complexity index is 556. The van der Waals surface area contributed by atoms with Gasteiger partial charge in [0.25, 0.3) is 0 Å². The fourth-order valence-corrected chi connectivity index (χ4v) is 2.92.